The van der Waals surface area contributed by atoms with E-state index in [2.05, 4.69) is 15.6 Å². The highest BCUT2D eigenvalue weighted by Gasteiger charge is 2.22. The van der Waals surface area contributed by atoms with Crippen LogP contribution in [0.15, 0.2) is 42.5 Å². The van der Waals surface area contributed by atoms with Crippen molar-refractivity contribution in [1.82, 2.24) is 15.6 Å². The lowest BCUT2D eigenvalue weighted by Gasteiger charge is -2.26. The van der Waals surface area contributed by atoms with Crippen LogP contribution in [0.2, 0.25) is 0 Å². The second-order valence-electron chi connectivity index (χ2n) is 5.68. The Bertz CT molecular complexity index is 742. The normalized spacial score (nSPS) is 13.9. The van der Waals surface area contributed by atoms with Crippen molar-refractivity contribution >= 4 is 11.8 Å². The van der Waals surface area contributed by atoms with E-state index in [1.807, 2.05) is 30.3 Å². The smallest absolute Gasteiger partial charge is 0.269 e. The molecule has 1 aliphatic rings. The molecule has 6 heteroatoms. The van der Waals surface area contributed by atoms with Gasteiger partial charge in [-0.15, -0.1) is 0 Å². The van der Waals surface area contributed by atoms with Gasteiger partial charge in [-0.1, -0.05) is 30.3 Å². The van der Waals surface area contributed by atoms with Gasteiger partial charge in [0.1, 0.15) is 5.69 Å². The first-order valence-corrected chi connectivity index (χ1v) is 7.81. The van der Waals surface area contributed by atoms with Crippen LogP contribution in [0.25, 0.3) is 0 Å². The zero-order chi connectivity index (χ0) is 16.9. The van der Waals surface area contributed by atoms with Crippen LogP contribution in [-0.2, 0) is 11.2 Å². The van der Waals surface area contributed by atoms with E-state index in [1.54, 1.807) is 13.1 Å². The first-order chi connectivity index (χ1) is 11.7. The maximum atomic E-state index is 12.4. The van der Waals surface area contributed by atoms with Gasteiger partial charge in [-0.05, 0) is 17.7 Å². The molecule has 2 amide bonds. The summed E-state index contributed by atoms with van der Waals surface area (Å²) < 4.78 is 5.06. The number of hydrogen-bond donors (Lipinski definition) is 2. The number of benzene rings is 1. The summed E-state index contributed by atoms with van der Waals surface area (Å²) in [7, 11) is 1.54. The Kier molecular flexibility index (Phi) is 4.86. The summed E-state index contributed by atoms with van der Waals surface area (Å²) in [5.41, 5.74) is 2.41. The van der Waals surface area contributed by atoms with E-state index >= 15 is 0 Å². The largest absolute Gasteiger partial charge is 0.377 e. The van der Waals surface area contributed by atoms with Crippen molar-refractivity contribution in [2.75, 3.05) is 20.3 Å². The minimum Gasteiger partial charge on any atom is -0.377 e. The average molecular weight is 325 g/mol. The number of amides is 2. The molecule has 124 valence electrons. The van der Waals surface area contributed by atoms with Crippen LogP contribution in [0.3, 0.4) is 0 Å². The van der Waals surface area contributed by atoms with Crippen molar-refractivity contribution in [3.8, 4) is 0 Å². The lowest BCUT2D eigenvalue weighted by molar-refractivity contribution is -0.00346. The Balaban J connectivity index is 1.87. The second-order valence-corrected chi connectivity index (χ2v) is 5.68. The van der Waals surface area contributed by atoms with Crippen molar-refractivity contribution in [2.45, 2.75) is 12.5 Å². The molecule has 1 aromatic carbocycles. The molecule has 0 saturated carbocycles. The van der Waals surface area contributed by atoms with E-state index in [1.165, 1.54) is 6.07 Å². The Hall–Kier alpha value is -2.73. The maximum Gasteiger partial charge on any atom is 0.269 e. The van der Waals surface area contributed by atoms with Crippen LogP contribution in [0.5, 0.6) is 0 Å². The van der Waals surface area contributed by atoms with E-state index < -0.39 is 0 Å². The fourth-order valence-electron chi connectivity index (χ4n) is 2.45. The lowest BCUT2D eigenvalue weighted by Crippen LogP contribution is -2.48. The molecule has 1 saturated heterocycles. The highest BCUT2D eigenvalue weighted by molar-refractivity contribution is 5.98. The average Bonchev–Trinajstić information content (AvgIpc) is 2.57. The first kappa shape index (κ1) is 16.1. The zero-order valence-electron chi connectivity index (χ0n) is 13.4. The van der Waals surface area contributed by atoms with Gasteiger partial charge in [-0.25, -0.2) is 4.98 Å². The summed E-state index contributed by atoms with van der Waals surface area (Å²) in [5.74, 6) is -0.531. The number of nitrogens with zero attached hydrogens (tertiary/aromatic N) is 1. The minimum absolute atomic E-state index is 0.0340. The van der Waals surface area contributed by atoms with Gasteiger partial charge in [0, 0.05) is 24.7 Å². The number of carbonyl (C=O) groups is 2. The van der Waals surface area contributed by atoms with Gasteiger partial charge in [0.2, 0.25) is 0 Å². The monoisotopic (exact) mass is 325 g/mol. The molecule has 6 nitrogen and oxygen atoms in total. The summed E-state index contributed by atoms with van der Waals surface area (Å²) in [4.78, 5) is 28.7. The quantitative estimate of drug-likeness (QED) is 0.864. The van der Waals surface area contributed by atoms with E-state index in [9.17, 15) is 9.59 Å². The number of ether oxygens (including phenoxy) is 1. The number of nitrogens with one attached hydrogen (secondary N) is 2. The number of rotatable bonds is 5. The summed E-state index contributed by atoms with van der Waals surface area (Å²) in [6.45, 7) is 1.05. The van der Waals surface area contributed by atoms with Gasteiger partial charge < -0.3 is 15.4 Å². The van der Waals surface area contributed by atoms with Crippen LogP contribution in [0.1, 0.15) is 32.1 Å². The van der Waals surface area contributed by atoms with Gasteiger partial charge in [0.05, 0.1) is 19.3 Å². The Morgan fingerprint density at radius 1 is 1.17 bits per heavy atom. The van der Waals surface area contributed by atoms with Crippen molar-refractivity contribution < 1.29 is 14.3 Å². The topological polar surface area (TPSA) is 80.3 Å². The van der Waals surface area contributed by atoms with Crippen LogP contribution >= 0.6 is 0 Å². The third kappa shape index (κ3) is 3.78. The van der Waals surface area contributed by atoms with Gasteiger partial charge in [0.15, 0.2) is 0 Å². The highest BCUT2D eigenvalue weighted by atomic mass is 16.5. The van der Waals surface area contributed by atoms with E-state index in [4.69, 9.17) is 4.74 Å². The first-order valence-electron chi connectivity index (χ1n) is 7.81. The van der Waals surface area contributed by atoms with Gasteiger partial charge >= 0.3 is 0 Å². The molecule has 3 rings (SSSR count). The fourth-order valence-corrected chi connectivity index (χ4v) is 2.45. The molecule has 2 N–H and O–H groups in total. The molecule has 0 unspecified atom stereocenters. The predicted molar refractivity (Wildman–Crippen MR) is 88.9 cm³/mol. The molecule has 2 aromatic rings. The van der Waals surface area contributed by atoms with Crippen LogP contribution in [0.4, 0.5) is 0 Å². The fraction of sp³-hybridized carbons (Fsp3) is 0.278. The molecule has 2 heterocycles. The minimum atomic E-state index is -0.314. The molecular weight excluding hydrogens is 306 g/mol. The van der Waals surface area contributed by atoms with Gasteiger partial charge in [-0.2, -0.15) is 0 Å². The van der Waals surface area contributed by atoms with Crippen LogP contribution < -0.4 is 10.6 Å². The third-order valence-corrected chi connectivity index (χ3v) is 3.80. The number of aromatic nitrogens is 1. The number of hydrogen-bond acceptors (Lipinski definition) is 4. The van der Waals surface area contributed by atoms with Crippen LogP contribution in [-0.4, -0.2) is 43.1 Å². The molecule has 1 aliphatic heterocycles. The third-order valence-electron chi connectivity index (χ3n) is 3.80. The molecule has 1 fully saturated rings. The summed E-state index contributed by atoms with van der Waals surface area (Å²) in [6.07, 6.45) is 0.554. The molecule has 0 bridgehead atoms. The van der Waals surface area contributed by atoms with Crippen molar-refractivity contribution in [2.24, 2.45) is 0 Å². The molecule has 0 spiro atoms. The second kappa shape index (κ2) is 7.23. The summed E-state index contributed by atoms with van der Waals surface area (Å²) >= 11 is 0. The van der Waals surface area contributed by atoms with Crippen LogP contribution in [0, 0.1) is 0 Å². The molecule has 0 aliphatic carbocycles. The van der Waals surface area contributed by atoms with E-state index in [0.717, 1.165) is 5.56 Å². The predicted octanol–water partition coefficient (Wildman–Crippen LogP) is 1.16. The van der Waals surface area contributed by atoms with E-state index in [-0.39, 0.29) is 23.6 Å². The van der Waals surface area contributed by atoms with Crippen molar-refractivity contribution in [1.29, 1.82) is 0 Å². The summed E-state index contributed by atoms with van der Waals surface area (Å²) in [5, 5.41) is 5.43. The number of pyridine rings is 1. The van der Waals surface area contributed by atoms with E-state index in [0.29, 0.717) is 30.9 Å². The SMILES string of the molecule is CNC(=O)c1cc(C(=O)NC2COC2)cc(Cc2ccccc2)n1. The van der Waals surface area contributed by atoms with Gasteiger partial charge in [0.25, 0.3) is 11.8 Å². The molecule has 1 aromatic heterocycles. The highest BCUT2D eigenvalue weighted by Crippen LogP contribution is 2.13. The Labute approximate surface area is 140 Å². The molecule has 0 atom stereocenters. The lowest BCUT2D eigenvalue weighted by atomic mass is 10.1. The Morgan fingerprint density at radius 2 is 1.92 bits per heavy atom. The molecule has 0 radical (unpaired) electrons. The Morgan fingerprint density at radius 3 is 2.54 bits per heavy atom. The standard InChI is InChI=1S/C18H19N3O3/c1-19-18(23)16-9-13(17(22)21-15-10-24-11-15)8-14(20-16)7-12-5-3-2-4-6-12/h2-6,8-9,15H,7,10-11H2,1H3,(H,19,23)(H,21,22). The molecule has 24 heavy (non-hydrogen) atoms. The molecular formula is C18H19N3O3. The zero-order valence-corrected chi connectivity index (χ0v) is 13.4. The van der Waals surface area contributed by atoms with Crippen molar-refractivity contribution in [3.63, 3.8) is 0 Å². The van der Waals surface area contributed by atoms with Crippen molar-refractivity contribution in [3.05, 3.63) is 65.0 Å². The summed E-state index contributed by atoms with van der Waals surface area (Å²) in [6, 6.07) is 13.1. The number of carbonyl (C=O) groups excluding carboxylic acids is 2. The van der Waals surface area contributed by atoms with Gasteiger partial charge in [-0.3, -0.25) is 9.59 Å². The maximum absolute atomic E-state index is 12.4.